The van der Waals surface area contributed by atoms with Crippen molar-refractivity contribution in [1.82, 2.24) is 4.57 Å². The summed E-state index contributed by atoms with van der Waals surface area (Å²) in [4.78, 5) is 25.6. The van der Waals surface area contributed by atoms with Crippen molar-refractivity contribution in [3.05, 3.63) is 70.5 Å². The highest BCUT2D eigenvalue weighted by Crippen LogP contribution is 2.37. The van der Waals surface area contributed by atoms with E-state index in [-0.39, 0.29) is 5.78 Å². The number of nitrogens with zero attached hydrogens (tertiary/aromatic N) is 1. The Labute approximate surface area is 165 Å². The number of aromatic nitrogens is 1. The third kappa shape index (κ3) is 2.52. The van der Waals surface area contributed by atoms with Crippen LogP contribution in [0.5, 0.6) is 0 Å². The Kier molecular flexibility index (Phi) is 3.77. The average molecular weight is 391 g/mol. The quantitative estimate of drug-likeness (QED) is 0.378. The van der Waals surface area contributed by atoms with Crippen molar-refractivity contribution in [1.29, 1.82) is 0 Å². The molecule has 1 aliphatic heterocycles. The number of benzene rings is 1. The van der Waals surface area contributed by atoms with Gasteiger partial charge in [0.25, 0.3) is 6.29 Å². The second-order valence-electron chi connectivity index (χ2n) is 7.00. The Hall–Kier alpha value is -3.12. The molecule has 2 aromatic heterocycles. The lowest BCUT2D eigenvalue weighted by Crippen LogP contribution is -2.11. The van der Waals surface area contributed by atoms with Crippen molar-refractivity contribution in [2.75, 3.05) is 0 Å². The van der Waals surface area contributed by atoms with E-state index >= 15 is 0 Å². The van der Waals surface area contributed by atoms with E-state index in [1.165, 1.54) is 11.1 Å². The highest BCUT2D eigenvalue weighted by atomic mass is 32.1. The lowest BCUT2D eigenvalue weighted by Gasteiger charge is -2.08. The van der Waals surface area contributed by atoms with Gasteiger partial charge in [-0.2, -0.15) is 0 Å². The Morgan fingerprint density at radius 1 is 1.29 bits per heavy atom. The average Bonchev–Trinajstić information content (AvgIpc) is 3.43. The molecule has 3 aromatic rings. The standard InChI is InChI=1S/C22H17NO4S/c1-12-8-19(27-22(12)25)26-11-14-9-16-15-6-5-13(18-4-3-7-28-18)10-17(15)23(2)20(16)21(14)24/h3-8,10-11,19H,9H2,1-2H3/b14-11+/t19-/m0/s1. The van der Waals surface area contributed by atoms with Gasteiger partial charge in [-0.1, -0.05) is 18.2 Å². The van der Waals surface area contributed by atoms with Crippen LogP contribution in [0.3, 0.4) is 0 Å². The molecule has 0 N–H and O–H groups in total. The maximum absolute atomic E-state index is 12.9. The third-order valence-corrected chi connectivity index (χ3v) is 6.18. The number of fused-ring (bicyclic) bond motifs is 3. The number of hydrogen-bond acceptors (Lipinski definition) is 5. The van der Waals surface area contributed by atoms with Gasteiger partial charge in [-0.05, 0) is 35.6 Å². The SMILES string of the molecule is CC1=C[C@@H](O/C=C2\Cc3c(n(C)c4cc(-c5cccs5)ccc34)C2=O)OC1=O. The van der Waals surface area contributed by atoms with Gasteiger partial charge in [0, 0.05) is 46.5 Å². The molecule has 0 radical (unpaired) electrons. The van der Waals surface area contributed by atoms with Gasteiger partial charge in [0.1, 0.15) is 0 Å². The summed E-state index contributed by atoms with van der Waals surface area (Å²) >= 11 is 1.70. The van der Waals surface area contributed by atoms with E-state index in [1.807, 2.05) is 17.7 Å². The van der Waals surface area contributed by atoms with Crippen molar-refractivity contribution >= 4 is 34.0 Å². The number of thiophene rings is 1. The Morgan fingerprint density at radius 2 is 2.14 bits per heavy atom. The van der Waals surface area contributed by atoms with Crippen LogP contribution in [-0.2, 0) is 27.7 Å². The monoisotopic (exact) mass is 391 g/mol. The predicted molar refractivity (Wildman–Crippen MR) is 107 cm³/mol. The van der Waals surface area contributed by atoms with Crippen molar-refractivity contribution in [2.45, 2.75) is 19.6 Å². The van der Waals surface area contributed by atoms with Gasteiger partial charge in [-0.3, -0.25) is 4.79 Å². The molecule has 1 aromatic carbocycles. The number of ketones is 1. The fourth-order valence-electron chi connectivity index (χ4n) is 3.82. The van der Waals surface area contributed by atoms with Crippen molar-refractivity contribution < 1.29 is 19.1 Å². The summed E-state index contributed by atoms with van der Waals surface area (Å²) in [5.74, 6) is -0.437. The molecule has 6 heteroatoms. The van der Waals surface area contributed by atoms with E-state index in [2.05, 4.69) is 29.6 Å². The molecule has 0 fully saturated rings. The van der Waals surface area contributed by atoms with E-state index in [4.69, 9.17) is 9.47 Å². The van der Waals surface area contributed by atoms with Gasteiger partial charge < -0.3 is 14.0 Å². The highest BCUT2D eigenvalue weighted by Gasteiger charge is 2.32. The zero-order chi connectivity index (χ0) is 19.4. The minimum absolute atomic E-state index is 0.0450. The molecule has 0 saturated heterocycles. The van der Waals surface area contributed by atoms with Crippen LogP contribution >= 0.6 is 11.3 Å². The molecule has 2 aliphatic rings. The van der Waals surface area contributed by atoms with E-state index in [0.29, 0.717) is 23.3 Å². The van der Waals surface area contributed by atoms with Crippen LogP contribution in [0.4, 0.5) is 0 Å². The summed E-state index contributed by atoms with van der Waals surface area (Å²) in [5.41, 5.74) is 5.00. The summed E-state index contributed by atoms with van der Waals surface area (Å²) in [6.07, 6.45) is 2.78. The van der Waals surface area contributed by atoms with Gasteiger partial charge in [0.2, 0.25) is 5.78 Å². The molecule has 0 bridgehead atoms. The van der Waals surface area contributed by atoms with E-state index in [9.17, 15) is 9.59 Å². The van der Waals surface area contributed by atoms with Gasteiger partial charge in [-0.25, -0.2) is 4.79 Å². The second kappa shape index (κ2) is 6.21. The van der Waals surface area contributed by atoms with Crippen LogP contribution in [0.1, 0.15) is 23.0 Å². The predicted octanol–water partition coefficient (Wildman–Crippen LogP) is 4.38. The van der Waals surface area contributed by atoms with Crippen molar-refractivity contribution in [3.63, 3.8) is 0 Å². The molecular weight excluding hydrogens is 374 g/mol. The molecule has 5 nitrogen and oxygen atoms in total. The maximum Gasteiger partial charge on any atom is 0.336 e. The molecule has 0 unspecified atom stereocenters. The molecule has 1 aliphatic carbocycles. The molecule has 0 amide bonds. The van der Waals surface area contributed by atoms with E-state index in [0.717, 1.165) is 22.0 Å². The first-order valence-corrected chi connectivity index (χ1v) is 9.84. The largest absolute Gasteiger partial charge is 0.458 e. The van der Waals surface area contributed by atoms with Crippen LogP contribution in [-0.4, -0.2) is 22.6 Å². The fraction of sp³-hybridized carbons (Fsp3) is 0.182. The van der Waals surface area contributed by atoms with E-state index < -0.39 is 12.3 Å². The minimum atomic E-state index is -0.762. The lowest BCUT2D eigenvalue weighted by atomic mass is 10.1. The third-order valence-electron chi connectivity index (χ3n) is 5.26. The number of cyclic esters (lactones) is 1. The van der Waals surface area contributed by atoms with Gasteiger partial charge in [0.05, 0.1) is 12.0 Å². The number of hydrogen-bond donors (Lipinski definition) is 0. The number of carbonyl (C=O) groups is 2. The number of Topliss-reactive ketones (excluding diaryl/α,β-unsaturated/α-hetero) is 1. The molecule has 3 heterocycles. The van der Waals surface area contributed by atoms with Crippen molar-refractivity contribution in [3.8, 4) is 10.4 Å². The van der Waals surface area contributed by atoms with Gasteiger partial charge in [-0.15, -0.1) is 11.3 Å². The molecule has 140 valence electrons. The van der Waals surface area contributed by atoms with Crippen LogP contribution in [0.25, 0.3) is 21.3 Å². The Balaban J connectivity index is 1.47. The second-order valence-corrected chi connectivity index (χ2v) is 7.95. The number of carbonyl (C=O) groups excluding carboxylic acids is 2. The summed E-state index contributed by atoms with van der Waals surface area (Å²) < 4.78 is 12.5. The number of allylic oxidation sites excluding steroid dienone is 1. The topological polar surface area (TPSA) is 57.5 Å². The number of esters is 1. The zero-order valence-corrected chi connectivity index (χ0v) is 16.2. The molecule has 1 atom stereocenters. The van der Waals surface area contributed by atoms with Crippen molar-refractivity contribution in [2.24, 2.45) is 7.05 Å². The van der Waals surface area contributed by atoms with Crippen LogP contribution in [0.15, 0.2) is 59.2 Å². The van der Waals surface area contributed by atoms with Gasteiger partial charge in [0.15, 0.2) is 0 Å². The normalized spacial score (nSPS) is 20.0. The Morgan fingerprint density at radius 3 is 2.86 bits per heavy atom. The first kappa shape index (κ1) is 17.0. The lowest BCUT2D eigenvalue weighted by molar-refractivity contribution is -0.152. The fourth-order valence-corrected chi connectivity index (χ4v) is 4.54. The zero-order valence-electron chi connectivity index (χ0n) is 15.4. The maximum atomic E-state index is 12.9. The summed E-state index contributed by atoms with van der Waals surface area (Å²) in [6, 6.07) is 10.5. The number of rotatable bonds is 3. The number of ether oxygens (including phenoxy) is 2. The Bertz CT molecular complexity index is 1200. The highest BCUT2D eigenvalue weighted by molar-refractivity contribution is 7.13. The summed E-state index contributed by atoms with van der Waals surface area (Å²) in [7, 11) is 1.92. The molecule has 0 spiro atoms. The molecular formula is C22H17NO4S. The first-order chi connectivity index (χ1) is 13.5. The van der Waals surface area contributed by atoms with Crippen LogP contribution in [0, 0.1) is 0 Å². The van der Waals surface area contributed by atoms with Gasteiger partial charge >= 0.3 is 5.97 Å². The van der Waals surface area contributed by atoms with E-state index in [1.54, 1.807) is 24.3 Å². The summed E-state index contributed by atoms with van der Waals surface area (Å²) in [5, 5.41) is 3.14. The molecule has 28 heavy (non-hydrogen) atoms. The number of aryl methyl sites for hydroxylation is 1. The molecule has 5 rings (SSSR count). The smallest absolute Gasteiger partial charge is 0.336 e. The van der Waals surface area contributed by atoms with Crippen LogP contribution in [0.2, 0.25) is 0 Å². The summed E-state index contributed by atoms with van der Waals surface area (Å²) in [6.45, 7) is 1.67. The minimum Gasteiger partial charge on any atom is -0.458 e. The van der Waals surface area contributed by atoms with Crippen LogP contribution < -0.4 is 0 Å². The first-order valence-electron chi connectivity index (χ1n) is 8.96. The molecule has 0 saturated carbocycles.